The molecule has 0 aliphatic carbocycles. The first-order chi connectivity index (χ1) is 8.81. The lowest BCUT2D eigenvalue weighted by molar-refractivity contribution is 0.101. The van der Waals surface area contributed by atoms with Crippen LogP contribution in [0.3, 0.4) is 0 Å². The number of nitrogens with zero attached hydrogens (tertiary/aromatic N) is 1. The number of nitrogens with one attached hydrogen (secondary N) is 1. The quantitative estimate of drug-likeness (QED) is 0.830. The van der Waals surface area contributed by atoms with Crippen LogP contribution < -0.4 is 5.32 Å². The number of carbonyl (C=O) groups is 1. The van der Waals surface area contributed by atoms with Crippen molar-refractivity contribution in [1.82, 2.24) is 0 Å². The highest BCUT2D eigenvalue weighted by molar-refractivity contribution is 5.99. The van der Waals surface area contributed by atoms with Crippen LogP contribution in [-0.2, 0) is 0 Å². The molecule has 0 fully saturated rings. The molecule has 0 unspecified atom stereocenters. The zero-order chi connectivity index (χ0) is 12.8. The van der Waals surface area contributed by atoms with E-state index in [9.17, 15) is 4.79 Å². The lowest BCUT2D eigenvalue weighted by atomic mass is 10.1. The van der Waals surface area contributed by atoms with Crippen molar-refractivity contribution in [2.24, 2.45) is 0 Å². The van der Waals surface area contributed by atoms with E-state index in [1.807, 2.05) is 24.3 Å². The van der Waals surface area contributed by atoms with Crippen molar-refractivity contribution >= 4 is 11.5 Å². The Hall–Kier alpha value is -2.60. The predicted molar refractivity (Wildman–Crippen MR) is 70.4 cm³/mol. The van der Waals surface area contributed by atoms with Crippen molar-refractivity contribution < 1.29 is 4.79 Å². The maximum atomic E-state index is 11.9. The van der Waals surface area contributed by atoms with Gasteiger partial charge in [-0.1, -0.05) is 42.5 Å². The molecule has 0 atom stereocenters. The molecular weight excluding hydrogens is 224 g/mol. The smallest absolute Gasteiger partial charge is 0.181 e. The third-order valence-corrected chi connectivity index (χ3v) is 2.58. The summed E-state index contributed by atoms with van der Waals surface area (Å²) in [6.45, 7) is 0.183. The Morgan fingerprint density at radius 2 is 1.72 bits per heavy atom. The molecule has 0 amide bonds. The highest BCUT2D eigenvalue weighted by Gasteiger charge is 2.06. The Morgan fingerprint density at radius 3 is 2.44 bits per heavy atom. The van der Waals surface area contributed by atoms with Crippen molar-refractivity contribution in [3.63, 3.8) is 0 Å². The van der Waals surface area contributed by atoms with Crippen molar-refractivity contribution in [3.8, 4) is 6.07 Å². The lowest BCUT2D eigenvalue weighted by Gasteiger charge is -2.07. The second-order valence-electron chi connectivity index (χ2n) is 3.80. The summed E-state index contributed by atoms with van der Waals surface area (Å²) in [5.74, 6) is 0.00310. The highest BCUT2D eigenvalue weighted by atomic mass is 16.1. The van der Waals surface area contributed by atoms with Gasteiger partial charge >= 0.3 is 0 Å². The molecule has 18 heavy (non-hydrogen) atoms. The van der Waals surface area contributed by atoms with Crippen molar-refractivity contribution in [2.75, 3.05) is 11.9 Å². The fourth-order valence-electron chi connectivity index (χ4n) is 1.64. The van der Waals surface area contributed by atoms with Gasteiger partial charge in [-0.3, -0.25) is 4.79 Å². The largest absolute Gasteiger partial charge is 0.377 e. The minimum absolute atomic E-state index is 0.00310. The van der Waals surface area contributed by atoms with Crippen LogP contribution in [0.5, 0.6) is 0 Å². The number of carbonyl (C=O) groups excluding carboxylic acids is 1. The molecular formula is C15H12N2O. The fraction of sp³-hybridized carbons (Fsp3) is 0.0667. The number of benzene rings is 2. The third kappa shape index (κ3) is 2.74. The van der Waals surface area contributed by atoms with Crippen LogP contribution in [0.25, 0.3) is 0 Å². The monoisotopic (exact) mass is 236 g/mol. The first-order valence-corrected chi connectivity index (χ1v) is 5.62. The van der Waals surface area contributed by atoms with Crippen LogP contribution in [0.2, 0.25) is 0 Å². The number of para-hydroxylation sites is 1. The van der Waals surface area contributed by atoms with Crippen molar-refractivity contribution in [2.45, 2.75) is 0 Å². The standard InChI is InChI=1S/C15H12N2O/c16-10-13-8-4-5-9-14(13)17-11-15(18)12-6-2-1-3-7-12/h1-9,17H,11H2. The number of anilines is 1. The normalized spacial score (nSPS) is 9.50. The van der Waals surface area contributed by atoms with E-state index in [2.05, 4.69) is 11.4 Å². The first kappa shape index (κ1) is 11.9. The SMILES string of the molecule is N#Cc1ccccc1NCC(=O)c1ccccc1. The number of Topliss-reactive ketones (excluding diaryl/α,β-unsaturated/α-hetero) is 1. The van der Waals surface area contributed by atoms with Gasteiger partial charge < -0.3 is 5.32 Å². The maximum absolute atomic E-state index is 11.9. The summed E-state index contributed by atoms with van der Waals surface area (Å²) < 4.78 is 0. The second kappa shape index (κ2) is 5.65. The Kier molecular flexibility index (Phi) is 3.72. The van der Waals surface area contributed by atoms with Gasteiger partial charge in [-0.2, -0.15) is 5.26 Å². The Bertz CT molecular complexity index is 585. The zero-order valence-electron chi connectivity index (χ0n) is 9.76. The number of hydrogen-bond donors (Lipinski definition) is 1. The Balaban J connectivity index is 2.05. The second-order valence-corrected chi connectivity index (χ2v) is 3.80. The predicted octanol–water partition coefficient (Wildman–Crippen LogP) is 2.85. The summed E-state index contributed by atoms with van der Waals surface area (Å²) in [4.78, 5) is 11.9. The van der Waals surface area contributed by atoms with E-state index in [-0.39, 0.29) is 12.3 Å². The van der Waals surface area contributed by atoms with E-state index in [1.54, 1.807) is 30.3 Å². The van der Waals surface area contributed by atoms with Gasteiger partial charge in [0.1, 0.15) is 6.07 Å². The van der Waals surface area contributed by atoms with Gasteiger partial charge in [-0.25, -0.2) is 0 Å². The minimum atomic E-state index is 0.00310. The summed E-state index contributed by atoms with van der Waals surface area (Å²) in [5, 5.41) is 11.9. The van der Waals surface area contributed by atoms with E-state index < -0.39 is 0 Å². The molecule has 0 aliphatic heterocycles. The van der Waals surface area contributed by atoms with Crippen LogP contribution in [0, 0.1) is 11.3 Å². The topological polar surface area (TPSA) is 52.9 Å². The average molecular weight is 236 g/mol. The third-order valence-electron chi connectivity index (χ3n) is 2.58. The minimum Gasteiger partial charge on any atom is -0.377 e. The van der Waals surface area contributed by atoms with Gasteiger partial charge in [-0.15, -0.1) is 0 Å². The lowest BCUT2D eigenvalue weighted by Crippen LogP contribution is -2.14. The molecule has 2 rings (SSSR count). The van der Waals surface area contributed by atoms with E-state index in [0.717, 1.165) is 0 Å². The molecule has 2 aromatic rings. The van der Waals surface area contributed by atoms with Crippen molar-refractivity contribution in [3.05, 3.63) is 65.7 Å². The molecule has 0 aliphatic rings. The summed E-state index contributed by atoms with van der Waals surface area (Å²) in [6, 6.07) is 18.3. The molecule has 0 radical (unpaired) electrons. The average Bonchev–Trinajstić information content (AvgIpc) is 2.46. The molecule has 0 bridgehead atoms. The molecule has 3 nitrogen and oxygen atoms in total. The summed E-state index contributed by atoms with van der Waals surface area (Å²) in [6.07, 6.45) is 0. The zero-order valence-corrected chi connectivity index (χ0v) is 9.76. The molecule has 0 heterocycles. The van der Waals surface area contributed by atoms with Crippen LogP contribution in [0.4, 0.5) is 5.69 Å². The number of hydrogen-bond acceptors (Lipinski definition) is 3. The Labute approximate surface area is 106 Å². The fourth-order valence-corrected chi connectivity index (χ4v) is 1.64. The van der Waals surface area contributed by atoms with E-state index >= 15 is 0 Å². The van der Waals surface area contributed by atoms with Crippen LogP contribution in [0.15, 0.2) is 54.6 Å². The molecule has 0 saturated heterocycles. The Morgan fingerprint density at radius 1 is 1.06 bits per heavy atom. The number of ketones is 1. The summed E-state index contributed by atoms with van der Waals surface area (Å²) in [7, 11) is 0. The molecule has 1 N–H and O–H groups in total. The molecule has 3 heteroatoms. The van der Waals surface area contributed by atoms with Gasteiger partial charge in [0.25, 0.3) is 0 Å². The van der Waals surface area contributed by atoms with Crippen molar-refractivity contribution in [1.29, 1.82) is 5.26 Å². The van der Waals surface area contributed by atoms with Crippen LogP contribution in [-0.4, -0.2) is 12.3 Å². The van der Waals surface area contributed by atoms with Gasteiger partial charge in [-0.05, 0) is 12.1 Å². The van der Waals surface area contributed by atoms with Gasteiger partial charge in [0.2, 0.25) is 0 Å². The van der Waals surface area contributed by atoms with Crippen LogP contribution in [0.1, 0.15) is 15.9 Å². The summed E-state index contributed by atoms with van der Waals surface area (Å²) >= 11 is 0. The number of rotatable bonds is 4. The van der Waals surface area contributed by atoms with Crippen LogP contribution >= 0.6 is 0 Å². The molecule has 0 spiro atoms. The molecule has 0 saturated carbocycles. The van der Waals surface area contributed by atoms with E-state index in [0.29, 0.717) is 16.8 Å². The molecule has 88 valence electrons. The van der Waals surface area contributed by atoms with E-state index in [1.165, 1.54) is 0 Å². The van der Waals surface area contributed by atoms with Gasteiger partial charge in [0.15, 0.2) is 5.78 Å². The first-order valence-electron chi connectivity index (χ1n) is 5.62. The molecule has 0 aromatic heterocycles. The van der Waals surface area contributed by atoms with E-state index in [4.69, 9.17) is 5.26 Å². The summed E-state index contributed by atoms with van der Waals surface area (Å²) in [5.41, 5.74) is 1.89. The maximum Gasteiger partial charge on any atom is 0.181 e. The number of nitriles is 1. The van der Waals surface area contributed by atoms with Gasteiger partial charge in [0.05, 0.1) is 17.8 Å². The molecule has 2 aromatic carbocycles. The van der Waals surface area contributed by atoms with Gasteiger partial charge in [0, 0.05) is 5.56 Å². The highest BCUT2D eigenvalue weighted by Crippen LogP contribution is 2.13.